The molecule has 160 valence electrons. The highest BCUT2D eigenvalue weighted by atomic mass is 32.1. The highest BCUT2D eigenvalue weighted by molar-refractivity contribution is 7.18. The minimum absolute atomic E-state index is 0.139. The number of aryl methyl sites for hydroxylation is 1. The lowest BCUT2D eigenvalue weighted by molar-refractivity contribution is -0.00608. The molecule has 2 heterocycles. The molecule has 1 aromatic carbocycles. The van der Waals surface area contributed by atoms with Crippen LogP contribution in [0.25, 0.3) is 10.2 Å². The zero-order valence-electron chi connectivity index (χ0n) is 17.8. The van der Waals surface area contributed by atoms with Gasteiger partial charge in [-0.3, -0.25) is 4.90 Å². The summed E-state index contributed by atoms with van der Waals surface area (Å²) in [7, 11) is 0. The van der Waals surface area contributed by atoms with Crippen molar-refractivity contribution in [2.24, 2.45) is 0 Å². The van der Waals surface area contributed by atoms with Crippen molar-refractivity contribution < 1.29 is 19.4 Å². The predicted molar refractivity (Wildman–Crippen MR) is 115 cm³/mol. The Hall–Kier alpha value is -1.90. The van der Waals surface area contributed by atoms with Gasteiger partial charge < -0.3 is 19.5 Å². The number of aliphatic hydroxyl groups is 1. The van der Waals surface area contributed by atoms with Gasteiger partial charge in [0.1, 0.15) is 24.1 Å². The number of hydrogen-bond acceptors (Lipinski definition) is 7. The van der Waals surface area contributed by atoms with Gasteiger partial charge in [-0.2, -0.15) is 0 Å². The van der Waals surface area contributed by atoms with Crippen molar-refractivity contribution >= 4 is 27.6 Å². The molecular weight excluding hydrogens is 390 g/mol. The van der Waals surface area contributed by atoms with Crippen LogP contribution in [0.1, 0.15) is 32.7 Å². The first kappa shape index (κ1) is 21.8. The van der Waals surface area contributed by atoms with E-state index in [0.29, 0.717) is 31.9 Å². The number of thiazole rings is 1. The third kappa shape index (κ3) is 6.04. The maximum absolute atomic E-state index is 12.3. The van der Waals surface area contributed by atoms with Crippen LogP contribution in [0.2, 0.25) is 0 Å². The molecule has 1 aliphatic heterocycles. The molecule has 0 spiro atoms. The predicted octanol–water partition coefficient (Wildman–Crippen LogP) is 3.29. The molecule has 2 aromatic rings. The molecule has 2 atom stereocenters. The monoisotopic (exact) mass is 421 g/mol. The molecule has 0 saturated carbocycles. The number of aliphatic hydroxyl groups excluding tert-OH is 1. The smallest absolute Gasteiger partial charge is 0.410 e. The van der Waals surface area contributed by atoms with E-state index in [1.54, 1.807) is 16.2 Å². The fourth-order valence-electron chi connectivity index (χ4n) is 3.39. The SMILES string of the molecule is Cc1nc2cc(OCC(O)CN3CCN(C(=O)OC(C)(C)C)CC3C)ccc2s1. The average Bonchev–Trinajstić information content (AvgIpc) is 2.99. The minimum Gasteiger partial charge on any atom is -0.491 e. The maximum atomic E-state index is 12.3. The number of ether oxygens (including phenoxy) is 2. The van der Waals surface area contributed by atoms with Crippen molar-refractivity contribution in [3.8, 4) is 5.75 Å². The van der Waals surface area contributed by atoms with E-state index in [4.69, 9.17) is 9.47 Å². The van der Waals surface area contributed by atoms with Crippen molar-refractivity contribution in [3.63, 3.8) is 0 Å². The molecular formula is C21H31N3O4S. The van der Waals surface area contributed by atoms with E-state index in [0.717, 1.165) is 15.2 Å². The van der Waals surface area contributed by atoms with Crippen LogP contribution in [0.4, 0.5) is 4.79 Å². The van der Waals surface area contributed by atoms with Crippen molar-refractivity contribution in [3.05, 3.63) is 23.2 Å². The number of rotatable bonds is 5. The second-order valence-electron chi connectivity index (χ2n) is 8.60. The van der Waals surface area contributed by atoms with E-state index in [1.165, 1.54) is 0 Å². The van der Waals surface area contributed by atoms with Crippen LogP contribution in [-0.4, -0.2) is 76.5 Å². The van der Waals surface area contributed by atoms with E-state index in [1.807, 2.05) is 45.9 Å². The second kappa shape index (κ2) is 8.85. The van der Waals surface area contributed by atoms with E-state index < -0.39 is 11.7 Å². The molecule has 3 rings (SSSR count). The summed E-state index contributed by atoms with van der Waals surface area (Å²) in [4.78, 5) is 20.6. The Kier molecular flexibility index (Phi) is 6.65. The van der Waals surface area contributed by atoms with Gasteiger partial charge in [-0.15, -0.1) is 11.3 Å². The highest BCUT2D eigenvalue weighted by Gasteiger charge is 2.30. The lowest BCUT2D eigenvalue weighted by Gasteiger charge is -2.40. The number of β-amino-alcohol motifs (C(OH)–C–C–N with tert-alkyl or cyclic N) is 1. The number of benzene rings is 1. The number of fused-ring (bicyclic) bond motifs is 1. The Morgan fingerprint density at radius 2 is 2.14 bits per heavy atom. The molecule has 1 fully saturated rings. The molecule has 8 heteroatoms. The Morgan fingerprint density at radius 3 is 2.83 bits per heavy atom. The van der Waals surface area contributed by atoms with Crippen molar-refractivity contribution in [2.45, 2.75) is 52.4 Å². The third-order valence-corrected chi connectivity index (χ3v) is 5.72. The summed E-state index contributed by atoms with van der Waals surface area (Å²) < 4.78 is 12.4. The fraction of sp³-hybridized carbons (Fsp3) is 0.619. The Morgan fingerprint density at radius 1 is 1.38 bits per heavy atom. The Labute approximate surface area is 176 Å². The highest BCUT2D eigenvalue weighted by Crippen LogP contribution is 2.25. The Bertz CT molecular complexity index is 848. The molecule has 2 unspecified atom stereocenters. The lowest BCUT2D eigenvalue weighted by Crippen LogP contribution is -2.56. The average molecular weight is 422 g/mol. The lowest BCUT2D eigenvalue weighted by atomic mass is 10.1. The number of carbonyl (C=O) groups excluding carboxylic acids is 1. The van der Waals surface area contributed by atoms with Gasteiger partial charge in [-0.05, 0) is 46.8 Å². The zero-order chi connectivity index (χ0) is 21.2. The van der Waals surface area contributed by atoms with Crippen LogP contribution in [-0.2, 0) is 4.74 Å². The number of aromatic nitrogens is 1. The number of carbonyl (C=O) groups is 1. The molecule has 1 aromatic heterocycles. The molecule has 0 bridgehead atoms. The summed E-state index contributed by atoms with van der Waals surface area (Å²) in [5, 5.41) is 11.5. The molecule has 0 aliphatic carbocycles. The second-order valence-corrected chi connectivity index (χ2v) is 9.83. The first-order valence-electron chi connectivity index (χ1n) is 10.0. The van der Waals surface area contributed by atoms with Gasteiger partial charge in [0.15, 0.2) is 0 Å². The largest absolute Gasteiger partial charge is 0.491 e. The minimum atomic E-state index is -0.613. The quantitative estimate of drug-likeness (QED) is 0.799. The van der Waals surface area contributed by atoms with Crippen molar-refractivity contribution in [1.29, 1.82) is 0 Å². The van der Waals surface area contributed by atoms with Crippen LogP contribution >= 0.6 is 11.3 Å². The summed E-state index contributed by atoms with van der Waals surface area (Å²) >= 11 is 1.65. The van der Waals surface area contributed by atoms with Crippen LogP contribution in [0, 0.1) is 6.92 Å². The van der Waals surface area contributed by atoms with E-state index in [9.17, 15) is 9.90 Å². The zero-order valence-corrected chi connectivity index (χ0v) is 18.7. The molecule has 29 heavy (non-hydrogen) atoms. The number of amides is 1. The molecule has 1 aliphatic rings. The standard InChI is InChI=1S/C21H31N3O4S/c1-14-11-24(20(26)28-21(3,4)5)9-8-23(14)12-16(25)13-27-17-6-7-19-18(10-17)22-15(2)29-19/h6-7,10,14,16,25H,8-9,11-13H2,1-5H3. The maximum Gasteiger partial charge on any atom is 0.410 e. The summed E-state index contributed by atoms with van der Waals surface area (Å²) in [5.74, 6) is 0.713. The van der Waals surface area contributed by atoms with Crippen LogP contribution in [0.3, 0.4) is 0 Å². The molecule has 1 N–H and O–H groups in total. The van der Waals surface area contributed by atoms with Gasteiger partial charge in [-0.1, -0.05) is 0 Å². The topological polar surface area (TPSA) is 75.1 Å². The summed E-state index contributed by atoms with van der Waals surface area (Å²) in [6.45, 7) is 12.2. The fourth-order valence-corrected chi connectivity index (χ4v) is 4.19. The molecule has 1 saturated heterocycles. The van der Waals surface area contributed by atoms with Gasteiger partial charge in [0.25, 0.3) is 0 Å². The van der Waals surface area contributed by atoms with Gasteiger partial charge in [0.2, 0.25) is 0 Å². The molecule has 0 radical (unpaired) electrons. The van der Waals surface area contributed by atoms with E-state index in [2.05, 4.69) is 16.8 Å². The normalized spacial score (nSPS) is 19.4. The summed E-state index contributed by atoms with van der Waals surface area (Å²) in [6, 6.07) is 5.96. The van der Waals surface area contributed by atoms with Gasteiger partial charge in [0, 0.05) is 38.3 Å². The number of piperazine rings is 1. The Balaban J connectivity index is 1.46. The van der Waals surface area contributed by atoms with Crippen molar-refractivity contribution in [1.82, 2.24) is 14.8 Å². The van der Waals surface area contributed by atoms with Crippen LogP contribution in [0.5, 0.6) is 5.75 Å². The summed E-state index contributed by atoms with van der Waals surface area (Å²) in [6.07, 6.45) is -0.890. The first-order chi connectivity index (χ1) is 13.6. The summed E-state index contributed by atoms with van der Waals surface area (Å²) in [5.41, 5.74) is 0.428. The first-order valence-corrected chi connectivity index (χ1v) is 10.8. The molecule has 1 amide bonds. The number of hydrogen-bond donors (Lipinski definition) is 1. The number of nitrogens with zero attached hydrogens (tertiary/aromatic N) is 3. The van der Waals surface area contributed by atoms with Gasteiger partial charge in [-0.25, -0.2) is 9.78 Å². The van der Waals surface area contributed by atoms with Crippen LogP contribution < -0.4 is 4.74 Å². The molecule has 7 nitrogen and oxygen atoms in total. The van der Waals surface area contributed by atoms with Crippen molar-refractivity contribution in [2.75, 3.05) is 32.8 Å². The van der Waals surface area contributed by atoms with E-state index >= 15 is 0 Å². The van der Waals surface area contributed by atoms with Crippen LogP contribution in [0.15, 0.2) is 18.2 Å². The third-order valence-electron chi connectivity index (χ3n) is 4.77. The van der Waals surface area contributed by atoms with E-state index in [-0.39, 0.29) is 18.7 Å². The van der Waals surface area contributed by atoms with Gasteiger partial charge >= 0.3 is 6.09 Å². The van der Waals surface area contributed by atoms with Gasteiger partial charge in [0.05, 0.1) is 15.2 Å².